The lowest BCUT2D eigenvalue weighted by atomic mass is 9.82. The highest BCUT2D eigenvalue weighted by Crippen LogP contribution is 2.36. The van der Waals surface area contributed by atoms with Crippen molar-refractivity contribution in [3.8, 4) is 6.07 Å². The molecule has 0 radical (unpaired) electrons. The molecule has 4 heteroatoms. The van der Waals surface area contributed by atoms with E-state index in [2.05, 4.69) is 16.4 Å². The standard InChI is InChI=1S/C14H17N3O/c15-9-10-3-2-7-16-14(10)17-12-4-1-5-13-11(12)6-8-18-13/h2-3,7,11-13H,1,4-6,8H2,(H,16,17)/t11-,12+,13-/m0/s1. The van der Waals surface area contributed by atoms with Crippen molar-refractivity contribution in [3.05, 3.63) is 23.9 Å². The van der Waals surface area contributed by atoms with Gasteiger partial charge in [-0.2, -0.15) is 5.26 Å². The van der Waals surface area contributed by atoms with E-state index in [1.54, 1.807) is 18.3 Å². The normalized spacial score (nSPS) is 30.5. The Morgan fingerprint density at radius 2 is 2.33 bits per heavy atom. The zero-order valence-electron chi connectivity index (χ0n) is 10.3. The Bertz CT molecular complexity index is 468. The number of nitrogens with zero attached hydrogens (tertiary/aromatic N) is 2. The van der Waals surface area contributed by atoms with Crippen molar-refractivity contribution in [1.82, 2.24) is 4.98 Å². The number of ether oxygens (including phenoxy) is 1. The van der Waals surface area contributed by atoms with E-state index in [1.807, 2.05) is 0 Å². The van der Waals surface area contributed by atoms with Crippen LogP contribution >= 0.6 is 0 Å². The van der Waals surface area contributed by atoms with Crippen LogP contribution in [-0.2, 0) is 4.74 Å². The highest BCUT2D eigenvalue weighted by molar-refractivity contribution is 5.51. The molecule has 1 aromatic rings. The second-order valence-electron chi connectivity index (χ2n) is 5.05. The van der Waals surface area contributed by atoms with E-state index < -0.39 is 0 Å². The number of nitriles is 1. The monoisotopic (exact) mass is 243 g/mol. The number of nitrogens with one attached hydrogen (secondary N) is 1. The molecule has 18 heavy (non-hydrogen) atoms. The minimum atomic E-state index is 0.397. The second-order valence-corrected chi connectivity index (χ2v) is 5.05. The van der Waals surface area contributed by atoms with E-state index in [9.17, 15) is 0 Å². The molecule has 2 fully saturated rings. The van der Waals surface area contributed by atoms with Gasteiger partial charge >= 0.3 is 0 Å². The molecule has 0 unspecified atom stereocenters. The van der Waals surface area contributed by atoms with Crippen molar-refractivity contribution in [2.45, 2.75) is 37.8 Å². The number of pyridine rings is 1. The SMILES string of the molecule is N#Cc1cccnc1N[C@@H]1CCC[C@@H]2OCC[C@H]21. The number of anilines is 1. The first kappa shape index (κ1) is 11.5. The van der Waals surface area contributed by atoms with E-state index in [0.717, 1.165) is 25.3 Å². The molecule has 1 aliphatic heterocycles. The van der Waals surface area contributed by atoms with Gasteiger partial charge in [-0.15, -0.1) is 0 Å². The quantitative estimate of drug-likeness (QED) is 0.866. The molecule has 4 nitrogen and oxygen atoms in total. The number of hydrogen-bond donors (Lipinski definition) is 1. The van der Waals surface area contributed by atoms with Crippen LogP contribution in [0.2, 0.25) is 0 Å². The number of rotatable bonds is 2. The van der Waals surface area contributed by atoms with Crippen molar-refractivity contribution in [2.24, 2.45) is 5.92 Å². The van der Waals surface area contributed by atoms with Crippen LogP contribution in [0.15, 0.2) is 18.3 Å². The fourth-order valence-electron chi connectivity index (χ4n) is 3.14. The van der Waals surface area contributed by atoms with Gasteiger partial charge in [0.05, 0.1) is 11.7 Å². The molecule has 0 aromatic carbocycles. The molecule has 2 heterocycles. The molecule has 1 aliphatic carbocycles. The molecule has 0 amide bonds. The third kappa shape index (κ3) is 2.06. The largest absolute Gasteiger partial charge is 0.378 e. The summed E-state index contributed by atoms with van der Waals surface area (Å²) >= 11 is 0. The van der Waals surface area contributed by atoms with E-state index in [1.165, 1.54) is 12.8 Å². The van der Waals surface area contributed by atoms with Gasteiger partial charge in [-0.05, 0) is 37.8 Å². The summed E-state index contributed by atoms with van der Waals surface area (Å²) in [6.45, 7) is 0.876. The Kier molecular flexibility index (Phi) is 3.16. The van der Waals surface area contributed by atoms with E-state index in [4.69, 9.17) is 10.00 Å². The summed E-state index contributed by atoms with van der Waals surface area (Å²) in [4.78, 5) is 4.28. The van der Waals surface area contributed by atoms with Crippen LogP contribution in [0.1, 0.15) is 31.2 Å². The minimum absolute atomic E-state index is 0.397. The average Bonchev–Trinajstić information content (AvgIpc) is 2.89. The van der Waals surface area contributed by atoms with Crippen LogP contribution < -0.4 is 5.32 Å². The lowest BCUT2D eigenvalue weighted by Gasteiger charge is -2.33. The van der Waals surface area contributed by atoms with Crippen LogP contribution in [0, 0.1) is 17.2 Å². The predicted molar refractivity (Wildman–Crippen MR) is 68.1 cm³/mol. The maximum Gasteiger partial charge on any atom is 0.144 e. The third-order valence-corrected chi connectivity index (χ3v) is 4.03. The minimum Gasteiger partial charge on any atom is -0.378 e. The van der Waals surface area contributed by atoms with Gasteiger partial charge in [0, 0.05) is 24.8 Å². The molecule has 1 N–H and O–H groups in total. The van der Waals surface area contributed by atoms with Crippen LogP contribution in [0.5, 0.6) is 0 Å². The highest BCUT2D eigenvalue weighted by Gasteiger charge is 2.37. The zero-order chi connectivity index (χ0) is 12.4. The average molecular weight is 243 g/mol. The van der Waals surface area contributed by atoms with Gasteiger partial charge in [0.2, 0.25) is 0 Å². The fraction of sp³-hybridized carbons (Fsp3) is 0.571. The first-order valence-electron chi connectivity index (χ1n) is 6.62. The number of aromatic nitrogens is 1. The smallest absolute Gasteiger partial charge is 0.144 e. The van der Waals surface area contributed by atoms with Gasteiger partial charge in [-0.25, -0.2) is 4.98 Å². The van der Waals surface area contributed by atoms with E-state index in [-0.39, 0.29) is 0 Å². The van der Waals surface area contributed by atoms with Gasteiger partial charge in [0.1, 0.15) is 11.9 Å². The van der Waals surface area contributed by atoms with E-state index in [0.29, 0.717) is 23.6 Å². The van der Waals surface area contributed by atoms with Crippen molar-refractivity contribution >= 4 is 5.82 Å². The Labute approximate surface area is 107 Å². The molecular formula is C14H17N3O. The summed E-state index contributed by atoms with van der Waals surface area (Å²) in [5.41, 5.74) is 0.624. The summed E-state index contributed by atoms with van der Waals surface area (Å²) < 4.78 is 5.76. The van der Waals surface area contributed by atoms with Crippen LogP contribution in [0.25, 0.3) is 0 Å². The first-order chi connectivity index (χ1) is 8.88. The molecule has 1 aromatic heterocycles. The Morgan fingerprint density at radius 1 is 1.39 bits per heavy atom. The topological polar surface area (TPSA) is 57.9 Å². The first-order valence-corrected chi connectivity index (χ1v) is 6.62. The summed E-state index contributed by atoms with van der Waals surface area (Å²) in [6, 6.07) is 6.19. The van der Waals surface area contributed by atoms with Crippen LogP contribution in [0.4, 0.5) is 5.82 Å². The van der Waals surface area contributed by atoms with E-state index >= 15 is 0 Å². The molecule has 2 aliphatic rings. The van der Waals surface area contributed by atoms with Gasteiger partial charge in [0.25, 0.3) is 0 Å². The molecule has 1 saturated carbocycles. The summed E-state index contributed by atoms with van der Waals surface area (Å²) in [5.74, 6) is 1.30. The second kappa shape index (κ2) is 4.95. The Balaban J connectivity index is 1.77. The molecular weight excluding hydrogens is 226 g/mol. The summed E-state index contributed by atoms with van der Waals surface area (Å²) in [5, 5.41) is 12.5. The molecule has 3 rings (SSSR count). The third-order valence-electron chi connectivity index (χ3n) is 4.03. The molecule has 0 spiro atoms. The van der Waals surface area contributed by atoms with Crippen LogP contribution in [-0.4, -0.2) is 23.7 Å². The van der Waals surface area contributed by atoms with Crippen molar-refractivity contribution < 1.29 is 4.74 Å². The lowest BCUT2D eigenvalue weighted by molar-refractivity contribution is 0.0619. The molecule has 3 atom stereocenters. The summed E-state index contributed by atoms with van der Waals surface area (Å²) in [6.07, 6.45) is 6.77. The maximum atomic E-state index is 9.08. The Hall–Kier alpha value is -1.60. The molecule has 94 valence electrons. The van der Waals surface area contributed by atoms with Crippen molar-refractivity contribution in [3.63, 3.8) is 0 Å². The van der Waals surface area contributed by atoms with Gasteiger partial charge < -0.3 is 10.1 Å². The van der Waals surface area contributed by atoms with Gasteiger partial charge in [-0.1, -0.05) is 0 Å². The van der Waals surface area contributed by atoms with Gasteiger partial charge in [-0.3, -0.25) is 0 Å². The Morgan fingerprint density at radius 3 is 3.22 bits per heavy atom. The summed E-state index contributed by atoms with van der Waals surface area (Å²) in [7, 11) is 0. The number of fused-ring (bicyclic) bond motifs is 1. The van der Waals surface area contributed by atoms with Crippen LogP contribution in [0.3, 0.4) is 0 Å². The zero-order valence-corrected chi connectivity index (χ0v) is 10.3. The predicted octanol–water partition coefficient (Wildman–Crippen LogP) is 2.32. The lowest BCUT2D eigenvalue weighted by Crippen LogP contribution is -2.38. The fourth-order valence-corrected chi connectivity index (χ4v) is 3.14. The highest BCUT2D eigenvalue weighted by atomic mass is 16.5. The molecule has 1 saturated heterocycles. The van der Waals surface area contributed by atoms with Crippen molar-refractivity contribution in [1.29, 1.82) is 5.26 Å². The number of hydrogen-bond acceptors (Lipinski definition) is 4. The molecule has 0 bridgehead atoms. The van der Waals surface area contributed by atoms with Gasteiger partial charge in [0.15, 0.2) is 0 Å². The van der Waals surface area contributed by atoms with Crippen molar-refractivity contribution in [2.75, 3.05) is 11.9 Å². The maximum absolute atomic E-state index is 9.08.